The maximum atomic E-state index is 5.37. The van der Waals surface area contributed by atoms with Crippen LogP contribution in [0, 0.1) is 6.92 Å². The van der Waals surface area contributed by atoms with Crippen LogP contribution in [0.4, 0.5) is 0 Å². The number of hydrogen-bond donors (Lipinski definition) is 1. The molecule has 0 unspecified atom stereocenters. The molecule has 1 N–H and O–H groups in total. The normalized spacial score (nSPS) is 9.83. The van der Waals surface area contributed by atoms with Crippen LogP contribution >= 0.6 is 0 Å². The number of rotatable bonds is 4. The van der Waals surface area contributed by atoms with Crippen LogP contribution in [-0.2, 0) is 6.54 Å². The van der Waals surface area contributed by atoms with E-state index in [-0.39, 0.29) is 0 Å². The van der Waals surface area contributed by atoms with Crippen molar-refractivity contribution >= 4 is 0 Å². The largest absolute Gasteiger partial charge is 0.465 e. The van der Waals surface area contributed by atoms with E-state index in [1.165, 1.54) is 0 Å². The van der Waals surface area contributed by atoms with Gasteiger partial charge in [-0.2, -0.15) is 0 Å². The first-order valence-electron chi connectivity index (χ1n) is 4.19. The molecule has 0 atom stereocenters. The summed E-state index contributed by atoms with van der Waals surface area (Å²) in [7, 11) is 0. The molecule has 2 heteroatoms. The fraction of sp³-hybridized carbons (Fsp3) is 0.400. The van der Waals surface area contributed by atoms with Gasteiger partial charge >= 0.3 is 0 Å². The highest BCUT2D eigenvalue weighted by atomic mass is 16.3. The zero-order valence-electron chi connectivity index (χ0n) is 7.68. The second-order valence-corrected chi connectivity index (χ2v) is 2.82. The zero-order valence-corrected chi connectivity index (χ0v) is 7.68. The van der Waals surface area contributed by atoms with Gasteiger partial charge in [-0.15, -0.1) is 0 Å². The lowest BCUT2D eigenvalue weighted by Crippen LogP contribution is -2.10. The fourth-order valence-electron chi connectivity index (χ4n) is 0.917. The van der Waals surface area contributed by atoms with Crippen LogP contribution in [0.5, 0.6) is 0 Å². The average molecular weight is 165 g/mol. The quantitative estimate of drug-likeness (QED) is 0.741. The van der Waals surface area contributed by atoms with E-state index in [4.69, 9.17) is 4.42 Å². The molecule has 66 valence electrons. The van der Waals surface area contributed by atoms with E-state index in [0.717, 1.165) is 30.2 Å². The molecule has 0 saturated heterocycles. The Bertz CT molecular complexity index is 263. The van der Waals surface area contributed by atoms with Crippen LogP contribution in [0.3, 0.4) is 0 Å². The van der Waals surface area contributed by atoms with Crippen LogP contribution in [0.1, 0.15) is 24.9 Å². The molecule has 1 heterocycles. The maximum absolute atomic E-state index is 5.37. The van der Waals surface area contributed by atoms with Gasteiger partial charge in [-0.3, -0.25) is 0 Å². The summed E-state index contributed by atoms with van der Waals surface area (Å²) in [6, 6.07) is 3.94. The van der Waals surface area contributed by atoms with E-state index in [1.54, 1.807) is 0 Å². The Morgan fingerprint density at radius 2 is 2.33 bits per heavy atom. The molecule has 0 aliphatic carbocycles. The molecular weight excluding hydrogens is 150 g/mol. The van der Waals surface area contributed by atoms with Crippen LogP contribution in [0.15, 0.2) is 28.8 Å². The third-order valence-corrected chi connectivity index (χ3v) is 1.74. The molecule has 1 aromatic rings. The van der Waals surface area contributed by atoms with Gasteiger partial charge in [0, 0.05) is 5.70 Å². The molecule has 0 amide bonds. The fourth-order valence-corrected chi connectivity index (χ4v) is 0.917. The Labute approximate surface area is 73.3 Å². The zero-order chi connectivity index (χ0) is 8.97. The van der Waals surface area contributed by atoms with Crippen molar-refractivity contribution in [3.63, 3.8) is 0 Å². The predicted molar refractivity (Wildman–Crippen MR) is 49.7 cm³/mol. The van der Waals surface area contributed by atoms with E-state index < -0.39 is 0 Å². The van der Waals surface area contributed by atoms with Crippen molar-refractivity contribution < 1.29 is 4.42 Å². The van der Waals surface area contributed by atoms with Crippen molar-refractivity contribution in [2.45, 2.75) is 26.8 Å². The van der Waals surface area contributed by atoms with Gasteiger partial charge in [0.15, 0.2) is 0 Å². The van der Waals surface area contributed by atoms with Crippen LogP contribution in [0.2, 0.25) is 0 Å². The first kappa shape index (κ1) is 8.91. The molecular formula is C10H15NO. The third-order valence-electron chi connectivity index (χ3n) is 1.74. The summed E-state index contributed by atoms with van der Waals surface area (Å²) >= 11 is 0. The molecule has 2 nitrogen and oxygen atoms in total. The molecule has 0 radical (unpaired) electrons. The van der Waals surface area contributed by atoms with Gasteiger partial charge in [-0.05, 0) is 25.5 Å². The van der Waals surface area contributed by atoms with E-state index >= 15 is 0 Å². The summed E-state index contributed by atoms with van der Waals surface area (Å²) in [6.45, 7) is 8.59. The Morgan fingerprint density at radius 3 is 2.83 bits per heavy atom. The number of nitrogens with one attached hydrogen (secondary N) is 1. The molecule has 0 bridgehead atoms. The molecule has 0 aliphatic heterocycles. The highest BCUT2D eigenvalue weighted by molar-refractivity contribution is 5.06. The van der Waals surface area contributed by atoms with Crippen molar-refractivity contribution in [2.75, 3.05) is 0 Å². The third kappa shape index (κ3) is 2.46. The second-order valence-electron chi connectivity index (χ2n) is 2.82. The number of furan rings is 1. The minimum Gasteiger partial charge on any atom is -0.465 e. The standard InChI is InChI=1S/C10H15NO/c1-4-8(2)11-7-10-6-5-9(3)12-10/h5-6,11H,2,4,7H2,1,3H3. The van der Waals surface area contributed by atoms with Gasteiger partial charge in [0.25, 0.3) is 0 Å². The van der Waals surface area contributed by atoms with Crippen LogP contribution in [0.25, 0.3) is 0 Å². The van der Waals surface area contributed by atoms with E-state index in [2.05, 4.69) is 18.8 Å². The van der Waals surface area contributed by atoms with Crippen molar-refractivity contribution in [2.24, 2.45) is 0 Å². The highest BCUT2D eigenvalue weighted by Gasteiger charge is 1.97. The van der Waals surface area contributed by atoms with Crippen molar-refractivity contribution in [3.8, 4) is 0 Å². The molecule has 0 spiro atoms. The number of allylic oxidation sites excluding steroid dienone is 1. The number of hydrogen-bond acceptors (Lipinski definition) is 2. The summed E-state index contributed by atoms with van der Waals surface area (Å²) in [6.07, 6.45) is 0.958. The molecule has 0 saturated carbocycles. The van der Waals surface area contributed by atoms with E-state index in [9.17, 15) is 0 Å². The summed E-state index contributed by atoms with van der Waals surface area (Å²) in [4.78, 5) is 0. The SMILES string of the molecule is C=C(CC)NCc1ccc(C)o1. The van der Waals surface area contributed by atoms with Gasteiger partial charge in [-0.1, -0.05) is 13.5 Å². The van der Waals surface area contributed by atoms with Crippen LogP contribution < -0.4 is 5.32 Å². The topological polar surface area (TPSA) is 25.2 Å². The lowest BCUT2D eigenvalue weighted by atomic mass is 10.3. The summed E-state index contributed by atoms with van der Waals surface area (Å²) in [5.74, 6) is 1.91. The Hall–Kier alpha value is -1.18. The molecule has 1 rings (SSSR count). The monoisotopic (exact) mass is 165 g/mol. The van der Waals surface area contributed by atoms with Crippen molar-refractivity contribution in [1.29, 1.82) is 0 Å². The van der Waals surface area contributed by atoms with Crippen molar-refractivity contribution in [3.05, 3.63) is 35.9 Å². The minimum absolute atomic E-state index is 0.737. The smallest absolute Gasteiger partial charge is 0.123 e. The Balaban J connectivity index is 2.38. The molecule has 0 fully saturated rings. The maximum Gasteiger partial charge on any atom is 0.123 e. The highest BCUT2D eigenvalue weighted by Crippen LogP contribution is 2.06. The second kappa shape index (κ2) is 4.00. The molecule has 0 aromatic carbocycles. The van der Waals surface area contributed by atoms with Gasteiger partial charge < -0.3 is 9.73 Å². The first-order valence-corrected chi connectivity index (χ1v) is 4.19. The minimum atomic E-state index is 0.737. The molecule has 12 heavy (non-hydrogen) atoms. The summed E-state index contributed by atoms with van der Waals surface area (Å²) in [5.41, 5.74) is 1.05. The van der Waals surface area contributed by atoms with Gasteiger partial charge in [0.05, 0.1) is 6.54 Å². The van der Waals surface area contributed by atoms with E-state index in [0.29, 0.717) is 0 Å². The first-order chi connectivity index (χ1) is 5.72. The number of aryl methyl sites for hydroxylation is 1. The van der Waals surface area contributed by atoms with Crippen molar-refractivity contribution in [1.82, 2.24) is 5.32 Å². The van der Waals surface area contributed by atoms with Gasteiger partial charge in [0.2, 0.25) is 0 Å². The Kier molecular flexibility index (Phi) is 2.97. The van der Waals surface area contributed by atoms with Gasteiger partial charge in [0.1, 0.15) is 11.5 Å². The predicted octanol–water partition coefficient (Wildman–Crippen LogP) is 2.60. The summed E-state index contributed by atoms with van der Waals surface area (Å²) in [5, 5.41) is 3.17. The summed E-state index contributed by atoms with van der Waals surface area (Å²) < 4.78 is 5.37. The van der Waals surface area contributed by atoms with Crippen LogP contribution in [-0.4, -0.2) is 0 Å². The van der Waals surface area contributed by atoms with E-state index in [1.807, 2.05) is 19.1 Å². The lowest BCUT2D eigenvalue weighted by Gasteiger charge is -2.03. The van der Waals surface area contributed by atoms with Gasteiger partial charge in [-0.25, -0.2) is 0 Å². The Morgan fingerprint density at radius 1 is 1.58 bits per heavy atom. The molecule has 1 aromatic heterocycles. The lowest BCUT2D eigenvalue weighted by molar-refractivity contribution is 0.471. The molecule has 0 aliphatic rings. The average Bonchev–Trinajstić information content (AvgIpc) is 2.47.